The van der Waals surface area contributed by atoms with Gasteiger partial charge in [-0.15, -0.1) is 0 Å². The van der Waals surface area contributed by atoms with Crippen LogP contribution in [0.3, 0.4) is 0 Å². The molecule has 6 nitrogen and oxygen atoms in total. The van der Waals surface area contributed by atoms with Crippen LogP contribution in [0.5, 0.6) is 0 Å². The van der Waals surface area contributed by atoms with Crippen LogP contribution < -0.4 is 5.32 Å². The predicted molar refractivity (Wildman–Crippen MR) is 90.4 cm³/mol. The highest BCUT2D eigenvalue weighted by Crippen LogP contribution is 2.13. The summed E-state index contributed by atoms with van der Waals surface area (Å²) in [4.78, 5) is 26.1. The molecule has 126 valence electrons. The summed E-state index contributed by atoms with van der Waals surface area (Å²) in [6, 6.07) is 11.8. The predicted octanol–water partition coefficient (Wildman–Crippen LogP) is 1.76. The average molecular weight is 326 g/mol. The molecule has 0 radical (unpaired) electrons. The first-order valence-electron chi connectivity index (χ1n) is 8.34. The third kappa shape index (κ3) is 4.22. The van der Waals surface area contributed by atoms with Crippen LogP contribution in [0.1, 0.15) is 35.3 Å². The summed E-state index contributed by atoms with van der Waals surface area (Å²) in [5.41, 5.74) is 1.69. The third-order valence-electron chi connectivity index (χ3n) is 4.36. The second-order valence-corrected chi connectivity index (χ2v) is 6.09. The smallest absolute Gasteiger partial charge is 0.271 e. The van der Waals surface area contributed by atoms with Crippen molar-refractivity contribution < 1.29 is 9.59 Å². The molecular formula is C18H22N4O2. The maximum Gasteiger partial charge on any atom is 0.271 e. The van der Waals surface area contributed by atoms with Gasteiger partial charge in [0.05, 0.1) is 0 Å². The number of carbonyl (C=O) groups excluding carboxylic acids is 2. The standard InChI is InChI=1S/C18H22N4O2/c23-17(7-6-14-4-2-1-3-5-14)20-15-9-12-22(13-10-15)18(24)16-8-11-19-21-16/h1-5,8,11,15H,6-7,9-10,12-13H2,(H,19,21)(H,20,23). The Labute approximate surface area is 141 Å². The minimum absolute atomic E-state index is 0.0265. The van der Waals surface area contributed by atoms with Gasteiger partial charge in [0.25, 0.3) is 5.91 Å². The van der Waals surface area contributed by atoms with Gasteiger partial charge < -0.3 is 10.2 Å². The van der Waals surface area contributed by atoms with Gasteiger partial charge in [0.2, 0.25) is 5.91 Å². The fourth-order valence-electron chi connectivity index (χ4n) is 2.97. The van der Waals surface area contributed by atoms with Crippen LogP contribution in [0.15, 0.2) is 42.6 Å². The maximum atomic E-state index is 12.2. The molecule has 0 atom stereocenters. The third-order valence-corrected chi connectivity index (χ3v) is 4.36. The summed E-state index contributed by atoms with van der Waals surface area (Å²) in [6.45, 7) is 1.31. The van der Waals surface area contributed by atoms with Gasteiger partial charge in [0.15, 0.2) is 0 Å². The monoisotopic (exact) mass is 326 g/mol. The molecule has 2 aromatic rings. The van der Waals surface area contributed by atoms with Gasteiger partial charge in [0, 0.05) is 31.7 Å². The topological polar surface area (TPSA) is 78.1 Å². The number of nitrogens with one attached hydrogen (secondary N) is 2. The van der Waals surface area contributed by atoms with E-state index >= 15 is 0 Å². The molecule has 1 aromatic heterocycles. The molecule has 3 rings (SSSR count). The lowest BCUT2D eigenvalue weighted by molar-refractivity contribution is -0.122. The molecule has 2 N–H and O–H groups in total. The quantitative estimate of drug-likeness (QED) is 0.879. The van der Waals surface area contributed by atoms with Gasteiger partial charge in [-0.3, -0.25) is 14.7 Å². The van der Waals surface area contributed by atoms with Crippen LogP contribution >= 0.6 is 0 Å². The number of aromatic amines is 1. The van der Waals surface area contributed by atoms with Crippen LogP contribution in [0.2, 0.25) is 0 Å². The molecule has 2 amide bonds. The number of piperidine rings is 1. The number of amides is 2. The molecule has 24 heavy (non-hydrogen) atoms. The number of carbonyl (C=O) groups is 2. The lowest BCUT2D eigenvalue weighted by atomic mass is 10.0. The molecule has 0 aliphatic carbocycles. The molecule has 2 heterocycles. The lowest BCUT2D eigenvalue weighted by Gasteiger charge is -2.32. The van der Waals surface area contributed by atoms with E-state index in [1.807, 2.05) is 30.3 Å². The van der Waals surface area contributed by atoms with Crippen molar-refractivity contribution in [1.29, 1.82) is 0 Å². The SMILES string of the molecule is O=C(CCc1ccccc1)NC1CCN(C(=O)c2ccn[nH]2)CC1. The summed E-state index contributed by atoms with van der Waals surface area (Å²) in [7, 11) is 0. The van der Waals surface area contributed by atoms with E-state index in [9.17, 15) is 9.59 Å². The molecule has 0 spiro atoms. The summed E-state index contributed by atoms with van der Waals surface area (Å²) in [5, 5.41) is 9.59. The molecular weight excluding hydrogens is 304 g/mol. The van der Waals surface area contributed by atoms with E-state index in [-0.39, 0.29) is 17.9 Å². The molecule has 0 unspecified atom stereocenters. The largest absolute Gasteiger partial charge is 0.353 e. The first kappa shape index (κ1) is 16.2. The van der Waals surface area contributed by atoms with E-state index < -0.39 is 0 Å². The Balaban J connectivity index is 1.40. The average Bonchev–Trinajstić information content (AvgIpc) is 3.16. The molecule has 0 bridgehead atoms. The zero-order chi connectivity index (χ0) is 16.8. The van der Waals surface area contributed by atoms with Gasteiger partial charge in [-0.2, -0.15) is 5.10 Å². The van der Waals surface area contributed by atoms with Crippen molar-refractivity contribution in [3.63, 3.8) is 0 Å². The summed E-state index contributed by atoms with van der Waals surface area (Å²) < 4.78 is 0. The van der Waals surface area contributed by atoms with Crippen molar-refractivity contribution in [2.75, 3.05) is 13.1 Å². The number of hydrogen-bond donors (Lipinski definition) is 2. The van der Waals surface area contributed by atoms with Crippen molar-refractivity contribution in [3.8, 4) is 0 Å². The van der Waals surface area contributed by atoms with Gasteiger partial charge in [0.1, 0.15) is 5.69 Å². The Hall–Kier alpha value is -2.63. The minimum Gasteiger partial charge on any atom is -0.353 e. The Bertz CT molecular complexity index is 662. The van der Waals surface area contributed by atoms with Crippen LogP contribution in [0.4, 0.5) is 0 Å². The number of H-pyrrole nitrogens is 1. The molecule has 1 saturated heterocycles. The van der Waals surface area contributed by atoms with Gasteiger partial charge in [-0.05, 0) is 30.9 Å². The van der Waals surface area contributed by atoms with E-state index in [1.165, 1.54) is 5.56 Å². The number of aryl methyl sites for hydroxylation is 1. The fraction of sp³-hybridized carbons (Fsp3) is 0.389. The van der Waals surface area contributed by atoms with Crippen LogP contribution in [0, 0.1) is 0 Å². The number of aromatic nitrogens is 2. The molecule has 1 aliphatic heterocycles. The lowest BCUT2D eigenvalue weighted by Crippen LogP contribution is -2.46. The van der Waals surface area contributed by atoms with Crippen molar-refractivity contribution in [1.82, 2.24) is 20.4 Å². The Morgan fingerprint density at radius 2 is 1.92 bits per heavy atom. The number of likely N-dealkylation sites (tertiary alicyclic amines) is 1. The minimum atomic E-state index is -0.0265. The highest BCUT2D eigenvalue weighted by Gasteiger charge is 2.25. The normalized spacial score (nSPS) is 15.2. The van der Waals surface area contributed by atoms with Gasteiger partial charge >= 0.3 is 0 Å². The summed E-state index contributed by atoms with van der Waals surface area (Å²) in [6.07, 6.45) is 4.40. The van der Waals surface area contributed by atoms with Crippen molar-refractivity contribution in [3.05, 3.63) is 53.9 Å². The van der Waals surface area contributed by atoms with Crippen LogP contribution in [-0.4, -0.2) is 46.0 Å². The van der Waals surface area contributed by atoms with E-state index in [4.69, 9.17) is 0 Å². The van der Waals surface area contributed by atoms with Crippen molar-refractivity contribution in [2.45, 2.75) is 31.7 Å². The molecule has 6 heteroatoms. The van der Waals surface area contributed by atoms with Crippen LogP contribution in [0.25, 0.3) is 0 Å². The Morgan fingerprint density at radius 1 is 1.17 bits per heavy atom. The first-order chi connectivity index (χ1) is 11.7. The van der Waals surface area contributed by atoms with Crippen molar-refractivity contribution >= 4 is 11.8 Å². The maximum absolute atomic E-state index is 12.2. The van der Waals surface area contributed by atoms with E-state index in [1.54, 1.807) is 17.2 Å². The number of benzene rings is 1. The molecule has 1 aromatic carbocycles. The number of rotatable bonds is 5. The highest BCUT2D eigenvalue weighted by molar-refractivity contribution is 5.92. The molecule has 0 saturated carbocycles. The van der Waals surface area contributed by atoms with Gasteiger partial charge in [-0.25, -0.2) is 0 Å². The zero-order valence-electron chi connectivity index (χ0n) is 13.6. The summed E-state index contributed by atoms with van der Waals surface area (Å²) in [5.74, 6) is 0.0542. The number of nitrogens with zero attached hydrogens (tertiary/aromatic N) is 2. The number of hydrogen-bond acceptors (Lipinski definition) is 3. The first-order valence-corrected chi connectivity index (χ1v) is 8.34. The second kappa shape index (κ2) is 7.77. The van der Waals surface area contributed by atoms with E-state index in [2.05, 4.69) is 15.5 Å². The molecule has 1 aliphatic rings. The highest BCUT2D eigenvalue weighted by atomic mass is 16.2. The van der Waals surface area contributed by atoms with Crippen molar-refractivity contribution in [2.24, 2.45) is 0 Å². The summed E-state index contributed by atoms with van der Waals surface area (Å²) >= 11 is 0. The molecule has 1 fully saturated rings. The van der Waals surface area contributed by atoms with E-state index in [0.717, 1.165) is 19.3 Å². The zero-order valence-corrected chi connectivity index (χ0v) is 13.6. The Kier molecular flexibility index (Phi) is 5.25. The fourth-order valence-corrected chi connectivity index (χ4v) is 2.97. The Morgan fingerprint density at radius 3 is 2.58 bits per heavy atom. The van der Waals surface area contributed by atoms with Gasteiger partial charge in [-0.1, -0.05) is 30.3 Å². The van der Waals surface area contributed by atoms with E-state index in [0.29, 0.717) is 25.2 Å². The second-order valence-electron chi connectivity index (χ2n) is 6.09. The van der Waals surface area contributed by atoms with Crippen LogP contribution in [-0.2, 0) is 11.2 Å².